The third-order valence-corrected chi connectivity index (χ3v) is 9.14. The summed E-state index contributed by atoms with van der Waals surface area (Å²) in [7, 11) is 0. The average molecular weight is 719 g/mol. The third kappa shape index (κ3) is 11.3. The number of nitrogens with one attached hydrogen (secondary N) is 4. The van der Waals surface area contributed by atoms with Crippen molar-refractivity contribution in [2.45, 2.75) is 57.8 Å². The number of ether oxygens (including phenoxy) is 2. The highest BCUT2D eigenvalue weighted by atomic mass is 32.2. The fourth-order valence-electron chi connectivity index (χ4n) is 5.49. The number of aliphatic carboxylic acids is 1. The standard InChI is InChI=1S/C37H42N4O9S/c1-22(2)17-30(33(43)41-31(34(44)45)21-51-35(46)23(3)39-37(48)49-19-24-11-5-4-6-12-24)40-32(42)18-38-36(47)50-20-29-27-15-9-7-13-25(27)26-14-8-10-16-28(26)29/h4-16,22-23,29-31H,17-21H2,1-3H3,(H,38,47)(H,39,48)(H,40,42)(H,41,43)(H,44,45)/t23-,30-,31-/m0/s1. The molecular formula is C37H42N4O9S. The molecule has 0 saturated carbocycles. The number of carbonyl (C=O) groups excluding carboxylic acids is 5. The number of fused-ring (bicyclic) bond motifs is 3. The Hall–Kier alpha value is -5.37. The van der Waals surface area contributed by atoms with Crippen LogP contribution < -0.4 is 21.3 Å². The maximum absolute atomic E-state index is 13.2. The van der Waals surface area contributed by atoms with E-state index in [-0.39, 0.29) is 37.2 Å². The quantitative estimate of drug-likeness (QED) is 0.144. The van der Waals surface area contributed by atoms with Gasteiger partial charge >= 0.3 is 18.2 Å². The van der Waals surface area contributed by atoms with Gasteiger partial charge in [-0.15, -0.1) is 0 Å². The van der Waals surface area contributed by atoms with Crippen LogP contribution in [-0.4, -0.2) is 77.2 Å². The Morgan fingerprint density at radius 1 is 0.745 bits per heavy atom. The molecule has 0 saturated heterocycles. The van der Waals surface area contributed by atoms with E-state index in [2.05, 4.69) is 21.3 Å². The van der Waals surface area contributed by atoms with Crippen LogP contribution in [0.2, 0.25) is 0 Å². The fraction of sp³-hybridized carbons (Fsp3) is 0.351. The Morgan fingerprint density at radius 2 is 1.35 bits per heavy atom. The molecule has 0 fully saturated rings. The van der Waals surface area contributed by atoms with Gasteiger partial charge in [0.25, 0.3) is 0 Å². The molecule has 0 spiro atoms. The lowest BCUT2D eigenvalue weighted by Gasteiger charge is -2.23. The van der Waals surface area contributed by atoms with Gasteiger partial charge in [-0.1, -0.05) is 104 Å². The van der Waals surface area contributed by atoms with Crippen LogP contribution in [-0.2, 0) is 35.3 Å². The van der Waals surface area contributed by atoms with Crippen molar-refractivity contribution < 1.29 is 43.3 Å². The van der Waals surface area contributed by atoms with Crippen LogP contribution in [0.5, 0.6) is 0 Å². The number of carbonyl (C=O) groups is 6. The lowest BCUT2D eigenvalue weighted by Crippen LogP contribution is -2.54. The Morgan fingerprint density at radius 3 is 1.96 bits per heavy atom. The van der Waals surface area contributed by atoms with Crippen molar-refractivity contribution in [3.05, 3.63) is 95.6 Å². The number of hydrogen-bond donors (Lipinski definition) is 5. The third-order valence-electron chi connectivity index (χ3n) is 8.00. The number of alkyl carbamates (subject to hydrolysis) is 2. The highest BCUT2D eigenvalue weighted by molar-refractivity contribution is 8.13. The van der Waals surface area contributed by atoms with E-state index in [0.29, 0.717) is 11.8 Å². The number of hydrogen-bond acceptors (Lipinski definition) is 9. The van der Waals surface area contributed by atoms with Crippen molar-refractivity contribution in [3.63, 3.8) is 0 Å². The van der Waals surface area contributed by atoms with Crippen LogP contribution >= 0.6 is 11.8 Å². The van der Waals surface area contributed by atoms with Gasteiger partial charge < -0.3 is 35.8 Å². The number of rotatable bonds is 16. The topological polar surface area (TPSA) is 189 Å². The molecule has 0 heterocycles. The minimum absolute atomic E-state index is 0.00734. The highest BCUT2D eigenvalue weighted by Crippen LogP contribution is 2.44. The molecule has 0 aliphatic heterocycles. The number of carboxylic acid groups (broad SMARTS) is 1. The molecule has 5 N–H and O–H groups in total. The number of carboxylic acids is 1. The first-order valence-electron chi connectivity index (χ1n) is 16.5. The van der Waals surface area contributed by atoms with Crippen LogP contribution in [0, 0.1) is 5.92 Å². The molecular weight excluding hydrogens is 676 g/mol. The van der Waals surface area contributed by atoms with Gasteiger partial charge in [0.05, 0.1) is 6.04 Å². The van der Waals surface area contributed by atoms with E-state index < -0.39 is 59.8 Å². The van der Waals surface area contributed by atoms with Crippen molar-refractivity contribution in [2.24, 2.45) is 5.92 Å². The zero-order chi connectivity index (χ0) is 36.9. The van der Waals surface area contributed by atoms with E-state index in [4.69, 9.17) is 9.47 Å². The largest absolute Gasteiger partial charge is 0.480 e. The maximum Gasteiger partial charge on any atom is 0.408 e. The summed E-state index contributed by atoms with van der Waals surface area (Å²) in [5.74, 6) is -3.40. The van der Waals surface area contributed by atoms with Crippen molar-refractivity contribution >= 4 is 46.8 Å². The first kappa shape index (κ1) is 38.4. The molecule has 51 heavy (non-hydrogen) atoms. The van der Waals surface area contributed by atoms with Gasteiger partial charge in [0.2, 0.25) is 16.9 Å². The first-order chi connectivity index (χ1) is 24.4. The lowest BCUT2D eigenvalue weighted by atomic mass is 9.98. The monoisotopic (exact) mass is 718 g/mol. The minimum Gasteiger partial charge on any atom is -0.480 e. The molecule has 1 aliphatic carbocycles. The summed E-state index contributed by atoms with van der Waals surface area (Å²) in [5, 5.41) is 18.9. The molecule has 270 valence electrons. The Labute approximate surface area is 300 Å². The Bertz CT molecular complexity index is 1670. The van der Waals surface area contributed by atoms with E-state index in [0.717, 1.165) is 27.8 Å². The summed E-state index contributed by atoms with van der Waals surface area (Å²) >= 11 is 0.623. The zero-order valence-electron chi connectivity index (χ0n) is 28.5. The molecule has 4 amide bonds. The number of thioether (sulfide) groups is 1. The summed E-state index contributed by atoms with van der Waals surface area (Å²) in [6, 6.07) is 21.1. The number of benzene rings is 3. The molecule has 1 aliphatic rings. The Kier molecular flexibility index (Phi) is 14.0. The average Bonchev–Trinajstić information content (AvgIpc) is 3.43. The van der Waals surface area contributed by atoms with Crippen molar-refractivity contribution in [2.75, 3.05) is 18.9 Å². The smallest absolute Gasteiger partial charge is 0.408 e. The van der Waals surface area contributed by atoms with Gasteiger partial charge in [-0.05, 0) is 47.1 Å². The first-order valence-corrected chi connectivity index (χ1v) is 17.5. The summed E-state index contributed by atoms with van der Waals surface area (Å²) in [4.78, 5) is 75.2. The van der Waals surface area contributed by atoms with Crippen LogP contribution in [0.25, 0.3) is 11.1 Å². The number of amides is 4. The van der Waals surface area contributed by atoms with Gasteiger partial charge in [0.15, 0.2) is 0 Å². The van der Waals surface area contributed by atoms with Gasteiger partial charge in [-0.25, -0.2) is 14.4 Å². The molecule has 4 rings (SSSR count). The molecule has 0 bridgehead atoms. The van der Waals surface area contributed by atoms with Crippen LogP contribution in [0.1, 0.15) is 49.8 Å². The zero-order valence-corrected chi connectivity index (χ0v) is 29.4. The molecule has 0 radical (unpaired) electrons. The summed E-state index contributed by atoms with van der Waals surface area (Å²) in [6.07, 6.45) is -1.45. The van der Waals surface area contributed by atoms with E-state index in [1.807, 2.05) is 68.4 Å². The van der Waals surface area contributed by atoms with Crippen molar-refractivity contribution in [1.82, 2.24) is 21.3 Å². The van der Waals surface area contributed by atoms with Gasteiger partial charge in [0, 0.05) is 11.7 Å². The predicted octanol–water partition coefficient (Wildman–Crippen LogP) is 4.20. The van der Waals surface area contributed by atoms with Crippen molar-refractivity contribution in [3.8, 4) is 11.1 Å². The maximum atomic E-state index is 13.2. The molecule has 3 aromatic rings. The molecule has 0 aromatic heterocycles. The van der Waals surface area contributed by atoms with E-state index >= 15 is 0 Å². The Balaban J connectivity index is 1.23. The van der Waals surface area contributed by atoms with Gasteiger partial charge in [-0.2, -0.15) is 0 Å². The second kappa shape index (κ2) is 18.6. The van der Waals surface area contributed by atoms with Crippen molar-refractivity contribution in [1.29, 1.82) is 0 Å². The van der Waals surface area contributed by atoms with Gasteiger partial charge in [-0.3, -0.25) is 14.4 Å². The molecule has 0 unspecified atom stereocenters. The fourth-order valence-corrected chi connectivity index (χ4v) is 6.35. The van der Waals surface area contributed by atoms with E-state index in [1.54, 1.807) is 24.3 Å². The molecule has 13 nitrogen and oxygen atoms in total. The SMILES string of the molecule is CC(C)C[C@H](NC(=O)CNC(=O)OCC1c2ccccc2-c2ccccc21)C(=O)N[C@@H](CSC(=O)[C@H](C)NC(=O)OCc1ccccc1)C(=O)O. The predicted molar refractivity (Wildman–Crippen MR) is 191 cm³/mol. The molecule has 3 atom stereocenters. The second-order valence-electron chi connectivity index (χ2n) is 12.4. The second-order valence-corrected chi connectivity index (χ2v) is 13.4. The summed E-state index contributed by atoms with van der Waals surface area (Å²) < 4.78 is 10.6. The van der Waals surface area contributed by atoms with Gasteiger partial charge in [0.1, 0.15) is 31.8 Å². The van der Waals surface area contributed by atoms with Crippen LogP contribution in [0.3, 0.4) is 0 Å². The normalized spacial score (nSPS) is 13.5. The highest BCUT2D eigenvalue weighted by Gasteiger charge is 2.31. The van der Waals surface area contributed by atoms with E-state index in [9.17, 15) is 33.9 Å². The molecule has 3 aromatic carbocycles. The molecule has 14 heteroatoms. The minimum atomic E-state index is -1.48. The summed E-state index contributed by atoms with van der Waals surface area (Å²) in [5.41, 5.74) is 5.00. The van der Waals surface area contributed by atoms with Crippen LogP contribution in [0.15, 0.2) is 78.9 Å². The van der Waals surface area contributed by atoms with Crippen LogP contribution in [0.4, 0.5) is 9.59 Å². The lowest BCUT2D eigenvalue weighted by molar-refractivity contribution is -0.141. The van der Waals surface area contributed by atoms with E-state index in [1.165, 1.54) is 6.92 Å². The summed E-state index contributed by atoms with van der Waals surface area (Å²) in [6.45, 7) is 4.66.